The van der Waals surface area contributed by atoms with Crippen molar-refractivity contribution in [2.45, 2.75) is 20.3 Å². The van der Waals surface area contributed by atoms with Crippen LogP contribution in [0.5, 0.6) is 0 Å². The van der Waals surface area contributed by atoms with Crippen molar-refractivity contribution in [2.24, 2.45) is 5.92 Å². The van der Waals surface area contributed by atoms with E-state index < -0.39 is 0 Å². The van der Waals surface area contributed by atoms with Crippen molar-refractivity contribution in [3.8, 4) is 0 Å². The lowest BCUT2D eigenvalue weighted by Crippen LogP contribution is -2.05. The third-order valence-corrected chi connectivity index (χ3v) is 2.20. The Morgan fingerprint density at radius 2 is 2.00 bits per heavy atom. The Hall–Kier alpha value is -0.235. The van der Waals surface area contributed by atoms with Gasteiger partial charge in [0.1, 0.15) is 7.85 Å². The number of hydrogen-bond acceptors (Lipinski definition) is 0. The van der Waals surface area contributed by atoms with Crippen LogP contribution in [0.2, 0.25) is 0 Å². The lowest BCUT2D eigenvalue weighted by Gasteiger charge is -2.06. The molecule has 0 amide bonds. The summed E-state index contributed by atoms with van der Waals surface area (Å²) in [6.45, 7) is 4.49. The van der Waals surface area contributed by atoms with E-state index in [1.54, 1.807) is 0 Å². The summed E-state index contributed by atoms with van der Waals surface area (Å²) in [7, 11) is 2.13. The molecular weight excluding hydrogens is 211 g/mol. The van der Waals surface area contributed by atoms with E-state index in [1.807, 2.05) is 0 Å². The second kappa shape index (κ2) is 4.13. The number of hydrogen-bond donors (Lipinski definition) is 0. The predicted octanol–water partition coefficient (Wildman–Crippen LogP) is 1.91. The van der Waals surface area contributed by atoms with Crippen molar-refractivity contribution >= 4 is 29.2 Å². The van der Waals surface area contributed by atoms with Crippen molar-refractivity contribution in [2.75, 3.05) is 0 Å². The van der Waals surface area contributed by atoms with Gasteiger partial charge in [0.2, 0.25) is 0 Å². The molecule has 1 aromatic carbocycles. The average molecular weight is 225 g/mol. The molecule has 0 aromatic heterocycles. The summed E-state index contributed by atoms with van der Waals surface area (Å²) >= 11 is 3.50. The predicted molar refractivity (Wildman–Crippen MR) is 60.9 cm³/mol. The molecular formula is C10H14BBr. The topological polar surface area (TPSA) is 0 Å². The van der Waals surface area contributed by atoms with Crippen molar-refractivity contribution in [3.05, 3.63) is 28.2 Å². The number of benzene rings is 1. The first-order valence-electron chi connectivity index (χ1n) is 4.34. The van der Waals surface area contributed by atoms with Gasteiger partial charge in [-0.1, -0.05) is 47.4 Å². The van der Waals surface area contributed by atoms with Crippen LogP contribution in [-0.4, -0.2) is 7.85 Å². The molecule has 0 spiro atoms. The molecule has 0 atom stereocenters. The van der Waals surface area contributed by atoms with E-state index in [1.165, 1.54) is 21.9 Å². The van der Waals surface area contributed by atoms with Crippen molar-refractivity contribution in [1.29, 1.82) is 0 Å². The number of halogens is 1. The molecule has 64 valence electrons. The molecule has 0 nitrogen and oxygen atoms in total. The Balaban J connectivity index is 2.85. The standard InChI is InChI=1S/C10H14BBr/c1-7(2)3-8-4-9(11)6-10(12)5-8/h4-7H,3,11H2,1-2H3. The zero-order chi connectivity index (χ0) is 9.14. The maximum absolute atomic E-state index is 3.50. The fourth-order valence-corrected chi connectivity index (χ4v) is 2.06. The second-order valence-corrected chi connectivity index (χ2v) is 4.65. The number of rotatable bonds is 2. The Morgan fingerprint density at radius 1 is 1.33 bits per heavy atom. The van der Waals surface area contributed by atoms with Gasteiger partial charge in [-0.25, -0.2) is 0 Å². The first kappa shape index (κ1) is 9.85. The monoisotopic (exact) mass is 224 g/mol. The molecule has 0 radical (unpaired) electrons. The summed E-state index contributed by atoms with van der Waals surface area (Å²) in [5.41, 5.74) is 2.76. The SMILES string of the molecule is Bc1cc(Br)cc(CC(C)C)c1. The zero-order valence-electron chi connectivity index (χ0n) is 7.89. The molecule has 0 aliphatic carbocycles. The smallest absolute Gasteiger partial charge is 0.0876 e. The van der Waals surface area contributed by atoms with E-state index in [-0.39, 0.29) is 0 Å². The van der Waals surface area contributed by atoms with Gasteiger partial charge in [-0.2, -0.15) is 0 Å². The molecule has 12 heavy (non-hydrogen) atoms. The van der Waals surface area contributed by atoms with Crippen LogP contribution in [0, 0.1) is 5.92 Å². The molecule has 0 aliphatic rings. The minimum absolute atomic E-state index is 0.735. The van der Waals surface area contributed by atoms with Gasteiger partial charge in [-0.15, -0.1) is 0 Å². The van der Waals surface area contributed by atoms with Crippen molar-refractivity contribution in [1.82, 2.24) is 0 Å². The van der Waals surface area contributed by atoms with Crippen LogP contribution in [0.4, 0.5) is 0 Å². The molecule has 0 aliphatic heterocycles. The Labute approximate surface area is 83.9 Å². The lowest BCUT2D eigenvalue weighted by molar-refractivity contribution is 0.647. The average Bonchev–Trinajstić information content (AvgIpc) is 1.81. The fourth-order valence-electron chi connectivity index (χ4n) is 1.40. The Bertz CT molecular complexity index is 248. The van der Waals surface area contributed by atoms with Crippen molar-refractivity contribution in [3.63, 3.8) is 0 Å². The van der Waals surface area contributed by atoms with Gasteiger partial charge < -0.3 is 0 Å². The maximum atomic E-state index is 3.50. The summed E-state index contributed by atoms with van der Waals surface area (Å²) in [6.07, 6.45) is 1.17. The highest BCUT2D eigenvalue weighted by Crippen LogP contribution is 2.13. The quantitative estimate of drug-likeness (QED) is 0.674. The fraction of sp³-hybridized carbons (Fsp3) is 0.400. The highest BCUT2D eigenvalue weighted by molar-refractivity contribution is 9.10. The van der Waals surface area contributed by atoms with Crippen LogP contribution in [0.3, 0.4) is 0 Å². The summed E-state index contributed by atoms with van der Waals surface area (Å²) in [5.74, 6) is 0.735. The lowest BCUT2D eigenvalue weighted by atomic mass is 9.92. The molecule has 0 bridgehead atoms. The molecule has 1 aromatic rings. The van der Waals surface area contributed by atoms with Gasteiger partial charge in [0.15, 0.2) is 0 Å². The van der Waals surface area contributed by atoms with Crippen LogP contribution in [0.1, 0.15) is 19.4 Å². The Morgan fingerprint density at radius 3 is 2.50 bits per heavy atom. The summed E-state index contributed by atoms with van der Waals surface area (Å²) in [4.78, 5) is 0. The van der Waals surface area contributed by atoms with Gasteiger partial charge >= 0.3 is 0 Å². The van der Waals surface area contributed by atoms with E-state index in [4.69, 9.17) is 0 Å². The minimum Gasteiger partial charge on any atom is -0.0876 e. The molecule has 0 heterocycles. The van der Waals surface area contributed by atoms with Crippen molar-refractivity contribution < 1.29 is 0 Å². The molecule has 2 heteroatoms. The summed E-state index contributed by atoms with van der Waals surface area (Å²) in [6, 6.07) is 6.60. The zero-order valence-corrected chi connectivity index (χ0v) is 9.48. The van der Waals surface area contributed by atoms with Gasteiger partial charge in [0.05, 0.1) is 0 Å². The van der Waals surface area contributed by atoms with Gasteiger partial charge in [-0.05, 0) is 24.0 Å². The summed E-state index contributed by atoms with van der Waals surface area (Å²) in [5, 5.41) is 0. The molecule has 0 saturated heterocycles. The van der Waals surface area contributed by atoms with E-state index >= 15 is 0 Å². The van der Waals surface area contributed by atoms with E-state index in [0.29, 0.717) is 0 Å². The Kier molecular flexibility index (Phi) is 3.39. The van der Waals surface area contributed by atoms with E-state index in [0.717, 1.165) is 5.92 Å². The normalized spacial score (nSPS) is 10.7. The first-order chi connectivity index (χ1) is 5.58. The maximum Gasteiger partial charge on any atom is 0.139 e. The van der Waals surface area contributed by atoms with Crippen LogP contribution in [0.15, 0.2) is 22.7 Å². The molecule has 0 saturated carbocycles. The highest BCUT2D eigenvalue weighted by Gasteiger charge is 1.99. The van der Waals surface area contributed by atoms with Gasteiger partial charge in [0, 0.05) is 4.47 Å². The molecule has 0 unspecified atom stereocenters. The van der Waals surface area contributed by atoms with Gasteiger partial charge in [-0.3, -0.25) is 0 Å². The largest absolute Gasteiger partial charge is 0.139 e. The first-order valence-corrected chi connectivity index (χ1v) is 5.13. The van der Waals surface area contributed by atoms with Crippen LogP contribution in [-0.2, 0) is 6.42 Å². The third-order valence-electron chi connectivity index (χ3n) is 1.75. The third kappa shape index (κ3) is 3.02. The van der Waals surface area contributed by atoms with E-state index in [9.17, 15) is 0 Å². The van der Waals surface area contributed by atoms with E-state index in [2.05, 4.69) is 55.8 Å². The molecule has 0 fully saturated rings. The molecule has 1 rings (SSSR count). The van der Waals surface area contributed by atoms with Crippen LogP contribution in [0.25, 0.3) is 0 Å². The minimum atomic E-state index is 0.735. The van der Waals surface area contributed by atoms with Gasteiger partial charge in [0.25, 0.3) is 0 Å². The summed E-state index contributed by atoms with van der Waals surface area (Å²) < 4.78 is 1.19. The highest BCUT2D eigenvalue weighted by atomic mass is 79.9. The molecule has 0 N–H and O–H groups in total. The van der Waals surface area contributed by atoms with Crippen LogP contribution >= 0.6 is 15.9 Å². The second-order valence-electron chi connectivity index (χ2n) is 3.73. The van der Waals surface area contributed by atoms with Crippen LogP contribution < -0.4 is 5.46 Å².